The van der Waals surface area contributed by atoms with Crippen molar-refractivity contribution >= 4 is 22.5 Å². The number of nitrogens with zero attached hydrogens (tertiary/aromatic N) is 2. The summed E-state index contributed by atoms with van der Waals surface area (Å²) in [6.45, 7) is 2.86. The van der Waals surface area contributed by atoms with Crippen LogP contribution in [0.5, 0.6) is 0 Å². The second kappa shape index (κ2) is 6.97. The molecule has 0 saturated carbocycles. The molecule has 4 rings (SSSR count). The number of hydrogen-bond acceptors (Lipinski definition) is 4. The van der Waals surface area contributed by atoms with Gasteiger partial charge >= 0.3 is 0 Å². The van der Waals surface area contributed by atoms with Crippen molar-refractivity contribution in [1.82, 2.24) is 9.97 Å². The second-order valence-electron chi connectivity index (χ2n) is 6.46. The fourth-order valence-electron chi connectivity index (χ4n) is 3.45. The Morgan fingerprint density at radius 2 is 1.76 bits per heavy atom. The Kier molecular flexibility index (Phi) is 4.37. The number of para-hydroxylation sites is 2. The van der Waals surface area contributed by atoms with Gasteiger partial charge in [-0.25, -0.2) is 4.98 Å². The third kappa shape index (κ3) is 3.36. The largest absolute Gasteiger partial charge is 0.371 e. The number of H-pyrrole nitrogens is 1. The molecule has 0 bridgehead atoms. The number of fused-ring (bicyclic) bond motifs is 1. The van der Waals surface area contributed by atoms with Gasteiger partial charge in [0.2, 0.25) is 5.95 Å². The Morgan fingerprint density at radius 3 is 2.64 bits per heavy atom. The summed E-state index contributed by atoms with van der Waals surface area (Å²) >= 11 is 0. The Hall–Kier alpha value is -2.82. The van der Waals surface area contributed by atoms with E-state index in [0.29, 0.717) is 23.4 Å². The third-order valence-electron chi connectivity index (χ3n) is 4.75. The zero-order chi connectivity index (χ0) is 17.1. The van der Waals surface area contributed by atoms with Crippen LogP contribution in [0.2, 0.25) is 0 Å². The molecule has 1 aliphatic heterocycles. The predicted molar refractivity (Wildman–Crippen MR) is 102 cm³/mol. The molecule has 5 heteroatoms. The molecule has 0 aliphatic carbocycles. The van der Waals surface area contributed by atoms with Gasteiger partial charge in [-0.05, 0) is 43.0 Å². The number of hydrogen-bond donors (Lipinski definition) is 2. The van der Waals surface area contributed by atoms with Crippen LogP contribution in [0.1, 0.15) is 24.8 Å². The zero-order valence-electron chi connectivity index (χ0n) is 14.2. The predicted octanol–water partition coefficient (Wildman–Crippen LogP) is 3.53. The van der Waals surface area contributed by atoms with Gasteiger partial charge in [0.15, 0.2) is 0 Å². The standard InChI is InChI=1S/C20H22N4O/c25-19-16-9-3-4-10-17(16)22-20(23-19)21-14-15-8-2-5-11-18(15)24-12-6-1-7-13-24/h2-5,8-11H,1,6-7,12-14H2,(H2,21,22,23,25). The van der Waals surface area contributed by atoms with Crippen molar-refractivity contribution in [3.63, 3.8) is 0 Å². The van der Waals surface area contributed by atoms with Crippen LogP contribution < -0.4 is 15.8 Å². The summed E-state index contributed by atoms with van der Waals surface area (Å²) in [5, 5.41) is 3.89. The number of rotatable bonds is 4. The number of nitrogens with one attached hydrogen (secondary N) is 2. The van der Waals surface area contributed by atoms with Gasteiger partial charge in [-0.3, -0.25) is 9.78 Å². The number of aromatic nitrogens is 2. The minimum atomic E-state index is -0.114. The minimum absolute atomic E-state index is 0.114. The van der Waals surface area contributed by atoms with E-state index in [1.165, 1.54) is 30.5 Å². The van der Waals surface area contributed by atoms with Crippen LogP contribution in [0.25, 0.3) is 10.9 Å². The molecule has 128 valence electrons. The van der Waals surface area contributed by atoms with Gasteiger partial charge in [0, 0.05) is 25.3 Å². The molecular weight excluding hydrogens is 312 g/mol. The number of aromatic amines is 1. The summed E-state index contributed by atoms with van der Waals surface area (Å²) in [4.78, 5) is 22.0. The molecule has 0 amide bonds. The molecule has 1 aromatic heterocycles. The first-order chi connectivity index (χ1) is 12.3. The van der Waals surface area contributed by atoms with Crippen LogP contribution >= 0.6 is 0 Å². The second-order valence-corrected chi connectivity index (χ2v) is 6.46. The summed E-state index contributed by atoms with van der Waals surface area (Å²) in [5.74, 6) is 0.511. The lowest BCUT2D eigenvalue weighted by molar-refractivity contribution is 0.576. The molecule has 1 fully saturated rings. The molecule has 0 spiro atoms. The average molecular weight is 334 g/mol. The highest BCUT2D eigenvalue weighted by Gasteiger charge is 2.14. The van der Waals surface area contributed by atoms with Crippen LogP contribution in [-0.2, 0) is 6.54 Å². The summed E-state index contributed by atoms with van der Waals surface area (Å²) in [5.41, 5.74) is 3.09. The summed E-state index contributed by atoms with van der Waals surface area (Å²) < 4.78 is 0. The first-order valence-corrected chi connectivity index (χ1v) is 8.87. The van der Waals surface area contributed by atoms with Gasteiger partial charge in [-0.15, -0.1) is 0 Å². The van der Waals surface area contributed by atoms with E-state index in [4.69, 9.17) is 0 Å². The minimum Gasteiger partial charge on any atom is -0.371 e. The number of piperidine rings is 1. The molecule has 2 N–H and O–H groups in total. The fraction of sp³-hybridized carbons (Fsp3) is 0.300. The van der Waals surface area contributed by atoms with E-state index >= 15 is 0 Å². The Labute approximate surface area is 146 Å². The molecule has 5 nitrogen and oxygen atoms in total. The van der Waals surface area contributed by atoms with Gasteiger partial charge in [0.05, 0.1) is 10.9 Å². The topological polar surface area (TPSA) is 61.0 Å². The van der Waals surface area contributed by atoms with E-state index in [1.54, 1.807) is 6.07 Å². The molecule has 2 heterocycles. The molecule has 25 heavy (non-hydrogen) atoms. The van der Waals surface area contributed by atoms with E-state index < -0.39 is 0 Å². The maximum Gasteiger partial charge on any atom is 0.260 e. The van der Waals surface area contributed by atoms with Gasteiger partial charge in [0.1, 0.15) is 0 Å². The van der Waals surface area contributed by atoms with Crippen molar-refractivity contribution in [2.75, 3.05) is 23.3 Å². The fourth-order valence-corrected chi connectivity index (χ4v) is 3.45. The molecule has 1 aliphatic rings. The lowest BCUT2D eigenvalue weighted by Crippen LogP contribution is -2.30. The van der Waals surface area contributed by atoms with Gasteiger partial charge in [-0.1, -0.05) is 30.3 Å². The first-order valence-electron chi connectivity index (χ1n) is 8.87. The highest BCUT2D eigenvalue weighted by molar-refractivity contribution is 5.78. The maximum absolute atomic E-state index is 12.2. The average Bonchev–Trinajstić information content (AvgIpc) is 2.67. The molecular formula is C20H22N4O. The highest BCUT2D eigenvalue weighted by Crippen LogP contribution is 2.24. The van der Waals surface area contributed by atoms with Crippen molar-refractivity contribution in [2.24, 2.45) is 0 Å². The Bertz CT molecular complexity index is 928. The van der Waals surface area contributed by atoms with Crippen molar-refractivity contribution < 1.29 is 0 Å². The van der Waals surface area contributed by atoms with E-state index in [9.17, 15) is 4.79 Å². The molecule has 0 unspecified atom stereocenters. The highest BCUT2D eigenvalue weighted by atomic mass is 16.1. The zero-order valence-corrected chi connectivity index (χ0v) is 14.2. The Morgan fingerprint density at radius 1 is 1.00 bits per heavy atom. The van der Waals surface area contributed by atoms with Crippen LogP contribution in [0.3, 0.4) is 0 Å². The van der Waals surface area contributed by atoms with Crippen LogP contribution in [0, 0.1) is 0 Å². The molecule has 2 aromatic carbocycles. The van der Waals surface area contributed by atoms with Crippen molar-refractivity contribution in [3.8, 4) is 0 Å². The van der Waals surface area contributed by atoms with E-state index in [0.717, 1.165) is 13.1 Å². The van der Waals surface area contributed by atoms with Crippen molar-refractivity contribution in [1.29, 1.82) is 0 Å². The molecule has 0 atom stereocenters. The third-order valence-corrected chi connectivity index (χ3v) is 4.75. The van der Waals surface area contributed by atoms with E-state index in [-0.39, 0.29) is 5.56 Å². The van der Waals surface area contributed by atoms with E-state index in [2.05, 4.69) is 44.5 Å². The lowest BCUT2D eigenvalue weighted by Gasteiger charge is -2.30. The lowest BCUT2D eigenvalue weighted by atomic mass is 10.1. The molecule has 1 saturated heterocycles. The normalized spacial score (nSPS) is 14.6. The summed E-state index contributed by atoms with van der Waals surface area (Å²) in [6.07, 6.45) is 3.82. The summed E-state index contributed by atoms with van der Waals surface area (Å²) in [6, 6.07) is 15.8. The van der Waals surface area contributed by atoms with Crippen LogP contribution in [0.15, 0.2) is 53.3 Å². The quantitative estimate of drug-likeness (QED) is 0.766. The number of anilines is 2. The van der Waals surface area contributed by atoms with Crippen LogP contribution in [0.4, 0.5) is 11.6 Å². The summed E-state index contributed by atoms with van der Waals surface area (Å²) in [7, 11) is 0. The smallest absolute Gasteiger partial charge is 0.260 e. The SMILES string of the molecule is O=c1[nH]c(NCc2ccccc2N2CCCCC2)nc2ccccc12. The van der Waals surface area contributed by atoms with Crippen LogP contribution in [-0.4, -0.2) is 23.1 Å². The monoisotopic (exact) mass is 334 g/mol. The molecule has 3 aromatic rings. The van der Waals surface area contributed by atoms with E-state index in [1.807, 2.05) is 18.2 Å². The van der Waals surface area contributed by atoms with Crippen molar-refractivity contribution in [3.05, 3.63) is 64.4 Å². The maximum atomic E-state index is 12.2. The first kappa shape index (κ1) is 15.7. The van der Waals surface area contributed by atoms with Gasteiger partial charge in [-0.2, -0.15) is 0 Å². The van der Waals surface area contributed by atoms with Gasteiger partial charge in [0.25, 0.3) is 5.56 Å². The molecule has 0 radical (unpaired) electrons. The number of benzene rings is 2. The Balaban J connectivity index is 1.56. The van der Waals surface area contributed by atoms with Gasteiger partial charge < -0.3 is 10.2 Å². The van der Waals surface area contributed by atoms with Crippen molar-refractivity contribution in [2.45, 2.75) is 25.8 Å².